The highest BCUT2D eigenvalue weighted by Gasteiger charge is 2.26. The van der Waals surface area contributed by atoms with E-state index in [-0.39, 0.29) is 0 Å². The van der Waals surface area contributed by atoms with E-state index in [0.717, 1.165) is 18.4 Å². The van der Waals surface area contributed by atoms with Crippen LogP contribution in [0.1, 0.15) is 31.2 Å². The average molecular weight is 262 g/mol. The fraction of sp³-hybridized carbons (Fsp3) is 0.800. The van der Waals surface area contributed by atoms with Gasteiger partial charge >= 0.3 is 0 Å². The van der Waals surface area contributed by atoms with Gasteiger partial charge < -0.3 is 10.2 Å². The van der Waals surface area contributed by atoms with E-state index < -0.39 is 0 Å². The van der Waals surface area contributed by atoms with Gasteiger partial charge in [0.05, 0.1) is 6.20 Å². The number of aryl methyl sites for hydroxylation is 1. The zero-order chi connectivity index (χ0) is 13.1. The highest BCUT2D eigenvalue weighted by Crippen LogP contribution is 2.30. The quantitative estimate of drug-likeness (QED) is 0.807. The first-order valence-corrected chi connectivity index (χ1v) is 7.73. The second-order valence-electron chi connectivity index (χ2n) is 6.27. The van der Waals surface area contributed by atoms with Gasteiger partial charge in [0.15, 0.2) is 0 Å². The molecule has 2 fully saturated rings. The lowest BCUT2D eigenvalue weighted by atomic mass is 10.2. The number of rotatable bonds is 7. The minimum Gasteiger partial charge on any atom is -0.313 e. The third-order valence-corrected chi connectivity index (χ3v) is 4.33. The highest BCUT2D eigenvalue weighted by molar-refractivity contribution is 5.04. The molecular formula is C15H26N4. The van der Waals surface area contributed by atoms with Gasteiger partial charge in [-0.05, 0) is 50.1 Å². The summed E-state index contributed by atoms with van der Waals surface area (Å²) >= 11 is 0. The lowest BCUT2D eigenvalue weighted by Crippen LogP contribution is -2.39. The van der Waals surface area contributed by atoms with Crippen LogP contribution < -0.4 is 5.32 Å². The first-order chi connectivity index (χ1) is 9.29. The van der Waals surface area contributed by atoms with Crippen LogP contribution in [0.25, 0.3) is 0 Å². The molecule has 1 saturated heterocycles. The lowest BCUT2D eigenvalue weighted by molar-refractivity contribution is 0.242. The van der Waals surface area contributed by atoms with Gasteiger partial charge in [0.1, 0.15) is 0 Å². The summed E-state index contributed by atoms with van der Waals surface area (Å²) in [7, 11) is 1.99. The van der Waals surface area contributed by atoms with Gasteiger partial charge in [-0.3, -0.25) is 4.68 Å². The normalized spacial score (nSPS) is 23.4. The van der Waals surface area contributed by atoms with Gasteiger partial charge in [-0.15, -0.1) is 0 Å². The Kier molecular flexibility index (Phi) is 4.18. The van der Waals surface area contributed by atoms with Crippen molar-refractivity contribution in [3.05, 3.63) is 18.0 Å². The summed E-state index contributed by atoms with van der Waals surface area (Å²) in [6.07, 6.45) is 10.9. The smallest absolute Gasteiger partial charge is 0.0522 e. The maximum absolute atomic E-state index is 4.26. The van der Waals surface area contributed by atoms with Crippen LogP contribution in [-0.4, -0.2) is 46.9 Å². The van der Waals surface area contributed by atoms with Crippen molar-refractivity contribution < 1.29 is 0 Å². The summed E-state index contributed by atoms with van der Waals surface area (Å²) in [5, 5.41) is 7.88. The SMILES string of the molecule is Cn1cc(CCN(CC2CC2)CC2CCCN2)cn1. The second-order valence-corrected chi connectivity index (χ2v) is 6.27. The van der Waals surface area contributed by atoms with E-state index >= 15 is 0 Å². The first-order valence-electron chi connectivity index (χ1n) is 7.73. The fourth-order valence-electron chi connectivity index (χ4n) is 3.04. The Morgan fingerprint density at radius 2 is 2.26 bits per heavy atom. The Balaban J connectivity index is 1.49. The fourth-order valence-corrected chi connectivity index (χ4v) is 3.04. The molecule has 19 heavy (non-hydrogen) atoms. The van der Waals surface area contributed by atoms with E-state index in [4.69, 9.17) is 0 Å². The molecule has 1 atom stereocenters. The number of aromatic nitrogens is 2. The Hall–Kier alpha value is -0.870. The van der Waals surface area contributed by atoms with E-state index in [2.05, 4.69) is 21.5 Å². The molecule has 2 aliphatic rings. The molecular weight excluding hydrogens is 236 g/mol. The summed E-state index contributed by atoms with van der Waals surface area (Å²) in [4.78, 5) is 2.67. The molecule has 4 heteroatoms. The van der Waals surface area contributed by atoms with E-state index in [1.54, 1.807) is 0 Å². The summed E-state index contributed by atoms with van der Waals surface area (Å²) in [6, 6.07) is 0.729. The van der Waals surface area contributed by atoms with E-state index in [1.807, 2.05) is 17.9 Å². The molecule has 1 aliphatic carbocycles. The average Bonchev–Trinajstić information content (AvgIpc) is 2.88. The molecule has 1 aromatic rings. The van der Waals surface area contributed by atoms with Crippen molar-refractivity contribution in [2.45, 2.75) is 38.1 Å². The van der Waals surface area contributed by atoms with Gasteiger partial charge in [0, 0.05) is 38.9 Å². The molecule has 0 spiro atoms. The lowest BCUT2D eigenvalue weighted by Gasteiger charge is -2.25. The topological polar surface area (TPSA) is 33.1 Å². The molecule has 3 rings (SSSR count). The zero-order valence-electron chi connectivity index (χ0n) is 12.0. The van der Waals surface area contributed by atoms with Gasteiger partial charge in [-0.2, -0.15) is 5.10 Å². The Morgan fingerprint density at radius 1 is 1.37 bits per heavy atom. The predicted octanol–water partition coefficient (Wildman–Crippen LogP) is 1.43. The second kappa shape index (κ2) is 6.06. The summed E-state index contributed by atoms with van der Waals surface area (Å²) in [5.74, 6) is 0.982. The molecule has 0 amide bonds. The molecule has 2 heterocycles. The molecule has 0 bridgehead atoms. The molecule has 1 N–H and O–H groups in total. The van der Waals surface area contributed by atoms with E-state index in [9.17, 15) is 0 Å². The molecule has 1 aromatic heterocycles. The van der Waals surface area contributed by atoms with Crippen molar-refractivity contribution in [2.24, 2.45) is 13.0 Å². The Bertz CT molecular complexity index is 391. The van der Waals surface area contributed by atoms with Crippen LogP contribution in [0.2, 0.25) is 0 Å². The molecule has 0 radical (unpaired) electrons. The highest BCUT2D eigenvalue weighted by atomic mass is 15.2. The van der Waals surface area contributed by atoms with Crippen LogP contribution in [0.3, 0.4) is 0 Å². The summed E-state index contributed by atoms with van der Waals surface area (Å²) in [5.41, 5.74) is 1.36. The van der Waals surface area contributed by atoms with Crippen molar-refractivity contribution in [3.8, 4) is 0 Å². The van der Waals surface area contributed by atoms with Crippen LogP contribution in [-0.2, 0) is 13.5 Å². The van der Waals surface area contributed by atoms with Crippen LogP contribution in [0.5, 0.6) is 0 Å². The van der Waals surface area contributed by atoms with Crippen molar-refractivity contribution in [2.75, 3.05) is 26.2 Å². The van der Waals surface area contributed by atoms with Crippen LogP contribution in [0.4, 0.5) is 0 Å². The molecule has 106 valence electrons. The molecule has 0 aromatic carbocycles. The Morgan fingerprint density at radius 3 is 2.89 bits per heavy atom. The van der Waals surface area contributed by atoms with Crippen LogP contribution in [0, 0.1) is 5.92 Å². The standard InChI is InChI=1S/C15H26N4/c1-18-10-14(9-17-18)6-8-19(11-13-4-5-13)12-15-3-2-7-16-15/h9-10,13,15-16H,2-8,11-12H2,1H3. The predicted molar refractivity (Wildman–Crippen MR) is 77.1 cm³/mol. The van der Waals surface area contributed by atoms with Crippen molar-refractivity contribution in [1.29, 1.82) is 0 Å². The molecule has 4 nitrogen and oxygen atoms in total. The molecule has 1 aliphatic heterocycles. The van der Waals surface area contributed by atoms with Crippen LogP contribution >= 0.6 is 0 Å². The molecule has 1 saturated carbocycles. The van der Waals surface area contributed by atoms with E-state index in [1.165, 1.54) is 57.4 Å². The third-order valence-electron chi connectivity index (χ3n) is 4.33. The van der Waals surface area contributed by atoms with Crippen molar-refractivity contribution in [1.82, 2.24) is 20.0 Å². The summed E-state index contributed by atoms with van der Waals surface area (Å²) in [6.45, 7) is 4.93. The van der Waals surface area contributed by atoms with E-state index in [0.29, 0.717) is 0 Å². The first kappa shape index (κ1) is 13.1. The minimum atomic E-state index is 0.729. The molecule has 1 unspecified atom stereocenters. The monoisotopic (exact) mass is 262 g/mol. The third kappa shape index (κ3) is 4.05. The number of hydrogen-bond donors (Lipinski definition) is 1. The van der Waals surface area contributed by atoms with Gasteiger partial charge in [0.2, 0.25) is 0 Å². The maximum atomic E-state index is 4.26. The van der Waals surface area contributed by atoms with Crippen molar-refractivity contribution in [3.63, 3.8) is 0 Å². The maximum Gasteiger partial charge on any atom is 0.0522 e. The van der Waals surface area contributed by atoms with Gasteiger partial charge in [-0.1, -0.05) is 0 Å². The number of nitrogens with zero attached hydrogens (tertiary/aromatic N) is 3. The van der Waals surface area contributed by atoms with Crippen LogP contribution in [0.15, 0.2) is 12.4 Å². The Labute approximate surface area is 116 Å². The van der Waals surface area contributed by atoms with Crippen molar-refractivity contribution >= 4 is 0 Å². The minimum absolute atomic E-state index is 0.729. The largest absolute Gasteiger partial charge is 0.313 e. The van der Waals surface area contributed by atoms with Gasteiger partial charge in [-0.25, -0.2) is 0 Å². The number of hydrogen-bond acceptors (Lipinski definition) is 3. The summed E-state index contributed by atoms with van der Waals surface area (Å²) < 4.78 is 1.90. The number of nitrogens with one attached hydrogen (secondary N) is 1. The zero-order valence-corrected chi connectivity index (χ0v) is 12.0. The van der Waals surface area contributed by atoms with Gasteiger partial charge in [0.25, 0.3) is 0 Å².